The molecule has 1 heterocycles. The topological polar surface area (TPSA) is 58.2 Å². The summed E-state index contributed by atoms with van der Waals surface area (Å²) in [5, 5.41) is 3.03. The van der Waals surface area contributed by atoms with Crippen LogP contribution in [0.15, 0.2) is 23.1 Å². The summed E-state index contributed by atoms with van der Waals surface area (Å²) in [7, 11) is -3.87. The van der Waals surface area contributed by atoms with E-state index in [4.69, 9.17) is 11.6 Å². The molecule has 0 aromatic heterocycles. The molecule has 1 aliphatic heterocycles. The van der Waals surface area contributed by atoms with Gasteiger partial charge in [0.1, 0.15) is 4.90 Å². The number of rotatable bonds is 3. The van der Waals surface area contributed by atoms with Crippen LogP contribution in [0.5, 0.6) is 0 Å². The summed E-state index contributed by atoms with van der Waals surface area (Å²) in [6.45, 7) is 2.73. The van der Waals surface area contributed by atoms with E-state index in [2.05, 4.69) is 10.0 Å². The second-order valence-electron chi connectivity index (χ2n) is 4.75. The van der Waals surface area contributed by atoms with E-state index in [1.165, 1.54) is 18.2 Å². The Balaban J connectivity index is 2.20. The molecule has 0 saturated carbocycles. The van der Waals surface area contributed by atoms with E-state index in [9.17, 15) is 12.8 Å². The van der Waals surface area contributed by atoms with Gasteiger partial charge in [0.05, 0.1) is 5.02 Å². The van der Waals surface area contributed by atoms with E-state index in [1.807, 2.05) is 6.92 Å². The Hall–Kier alpha value is -0.690. The number of piperidine rings is 1. The van der Waals surface area contributed by atoms with Crippen LogP contribution < -0.4 is 10.0 Å². The van der Waals surface area contributed by atoms with Gasteiger partial charge in [-0.25, -0.2) is 17.5 Å². The van der Waals surface area contributed by atoms with Crippen molar-refractivity contribution in [2.24, 2.45) is 0 Å². The van der Waals surface area contributed by atoms with Gasteiger partial charge >= 0.3 is 0 Å². The zero-order valence-electron chi connectivity index (χ0n) is 10.5. The van der Waals surface area contributed by atoms with Gasteiger partial charge < -0.3 is 5.32 Å². The average molecular weight is 307 g/mol. The number of hydrogen-bond donors (Lipinski definition) is 2. The largest absolute Gasteiger partial charge is 0.314 e. The lowest BCUT2D eigenvalue weighted by Crippen LogP contribution is -2.46. The Kier molecular flexibility index (Phi) is 4.45. The molecule has 1 aromatic carbocycles. The quantitative estimate of drug-likeness (QED) is 0.897. The van der Waals surface area contributed by atoms with Crippen LogP contribution in [0.1, 0.15) is 19.8 Å². The van der Waals surface area contributed by atoms with Gasteiger partial charge in [0.2, 0.25) is 10.0 Å². The lowest BCUT2D eigenvalue weighted by molar-refractivity contribution is 0.361. The van der Waals surface area contributed by atoms with Crippen molar-refractivity contribution in [1.29, 1.82) is 0 Å². The predicted octanol–water partition coefficient (Wildman–Crippen LogP) is 1.90. The standard InChI is InChI=1S/C12H16ClFN2O2S/c1-8-7-9(5-6-15-8)16-19(17,18)11-4-2-3-10(13)12(11)14/h2-4,8-9,15-16H,5-7H2,1H3. The molecule has 2 rings (SSSR count). The van der Waals surface area contributed by atoms with Gasteiger partial charge in [0, 0.05) is 12.1 Å². The molecule has 2 atom stereocenters. The van der Waals surface area contributed by atoms with Crippen molar-refractivity contribution in [3.05, 3.63) is 29.0 Å². The molecule has 1 aromatic rings. The van der Waals surface area contributed by atoms with Crippen molar-refractivity contribution in [2.75, 3.05) is 6.54 Å². The van der Waals surface area contributed by atoms with Crippen molar-refractivity contribution in [1.82, 2.24) is 10.0 Å². The molecule has 106 valence electrons. The Morgan fingerprint density at radius 1 is 1.47 bits per heavy atom. The van der Waals surface area contributed by atoms with E-state index in [-0.39, 0.29) is 17.1 Å². The first-order valence-corrected chi connectivity index (χ1v) is 7.96. The highest BCUT2D eigenvalue weighted by Gasteiger charge is 2.26. The van der Waals surface area contributed by atoms with Crippen molar-refractivity contribution >= 4 is 21.6 Å². The highest BCUT2D eigenvalue weighted by molar-refractivity contribution is 7.89. The van der Waals surface area contributed by atoms with Crippen LogP contribution in [0.4, 0.5) is 4.39 Å². The summed E-state index contributed by atoms with van der Waals surface area (Å²) in [5.41, 5.74) is 0. The molecule has 1 aliphatic rings. The molecule has 0 bridgehead atoms. The first-order chi connectivity index (χ1) is 8.90. The maximum atomic E-state index is 13.8. The third-order valence-electron chi connectivity index (χ3n) is 3.15. The maximum Gasteiger partial charge on any atom is 0.243 e. The molecule has 7 heteroatoms. The minimum absolute atomic E-state index is 0.181. The minimum Gasteiger partial charge on any atom is -0.314 e. The molecule has 0 amide bonds. The van der Waals surface area contributed by atoms with Crippen molar-refractivity contribution < 1.29 is 12.8 Å². The molecule has 2 unspecified atom stereocenters. The van der Waals surface area contributed by atoms with E-state index < -0.39 is 20.7 Å². The van der Waals surface area contributed by atoms with E-state index in [1.54, 1.807) is 0 Å². The fourth-order valence-corrected chi connectivity index (χ4v) is 3.83. The summed E-state index contributed by atoms with van der Waals surface area (Å²) in [5.74, 6) is -0.904. The minimum atomic E-state index is -3.87. The van der Waals surface area contributed by atoms with Gasteiger partial charge in [-0.05, 0) is 38.4 Å². The first-order valence-electron chi connectivity index (χ1n) is 6.10. The molecule has 0 aliphatic carbocycles. The Morgan fingerprint density at radius 3 is 2.89 bits per heavy atom. The van der Waals surface area contributed by atoms with Gasteiger partial charge in [-0.15, -0.1) is 0 Å². The molecule has 0 radical (unpaired) electrons. The third-order valence-corrected chi connectivity index (χ3v) is 4.98. The summed E-state index contributed by atoms with van der Waals surface area (Å²) in [4.78, 5) is -0.397. The van der Waals surface area contributed by atoms with Gasteiger partial charge in [-0.2, -0.15) is 0 Å². The first kappa shape index (κ1) is 14.7. The number of benzene rings is 1. The third kappa shape index (κ3) is 3.45. The molecule has 2 N–H and O–H groups in total. The summed E-state index contributed by atoms with van der Waals surface area (Å²) < 4.78 is 40.6. The second-order valence-corrected chi connectivity index (χ2v) is 6.84. The average Bonchev–Trinajstić information content (AvgIpc) is 2.32. The van der Waals surface area contributed by atoms with Crippen molar-refractivity contribution in [2.45, 2.75) is 36.7 Å². The Bertz CT molecular complexity index is 565. The number of hydrogen-bond acceptors (Lipinski definition) is 3. The van der Waals surface area contributed by atoms with Crippen LogP contribution in [0.3, 0.4) is 0 Å². The molecule has 1 saturated heterocycles. The fourth-order valence-electron chi connectivity index (χ4n) is 2.21. The molecule has 0 spiro atoms. The highest BCUT2D eigenvalue weighted by Crippen LogP contribution is 2.22. The maximum absolute atomic E-state index is 13.8. The summed E-state index contributed by atoms with van der Waals surface area (Å²) >= 11 is 5.61. The second kappa shape index (κ2) is 5.75. The Morgan fingerprint density at radius 2 is 2.21 bits per heavy atom. The normalized spacial score (nSPS) is 24.4. The molecule has 4 nitrogen and oxygen atoms in total. The van der Waals surface area contributed by atoms with E-state index in [0.29, 0.717) is 12.8 Å². The number of nitrogens with one attached hydrogen (secondary N) is 2. The van der Waals surface area contributed by atoms with Crippen LogP contribution in [0.2, 0.25) is 5.02 Å². The van der Waals surface area contributed by atoms with Gasteiger partial charge in [0.15, 0.2) is 5.82 Å². The van der Waals surface area contributed by atoms with Crippen LogP contribution in [0.25, 0.3) is 0 Å². The molecular weight excluding hydrogens is 291 g/mol. The molecular formula is C12H16ClFN2O2S. The number of halogens is 2. The lowest BCUT2D eigenvalue weighted by Gasteiger charge is -2.28. The monoisotopic (exact) mass is 306 g/mol. The Labute approximate surface area is 117 Å². The van der Waals surface area contributed by atoms with E-state index in [0.717, 1.165) is 6.54 Å². The predicted molar refractivity (Wildman–Crippen MR) is 72.2 cm³/mol. The van der Waals surface area contributed by atoms with Crippen LogP contribution in [-0.2, 0) is 10.0 Å². The SMILES string of the molecule is CC1CC(NS(=O)(=O)c2cccc(Cl)c2F)CCN1. The van der Waals surface area contributed by atoms with Crippen LogP contribution in [0, 0.1) is 5.82 Å². The lowest BCUT2D eigenvalue weighted by atomic mass is 10.0. The van der Waals surface area contributed by atoms with Crippen molar-refractivity contribution in [3.63, 3.8) is 0 Å². The zero-order valence-corrected chi connectivity index (χ0v) is 12.1. The molecule has 19 heavy (non-hydrogen) atoms. The smallest absolute Gasteiger partial charge is 0.243 e. The fraction of sp³-hybridized carbons (Fsp3) is 0.500. The zero-order chi connectivity index (χ0) is 14.0. The van der Waals surface area contributed by atoms with Crippen LogP contribution >= 0.6 is 11.6 Å². The van der Waals surface area contributed by atoms with Crippen molar-refractivity contribution in [3.8, 4) is 0 Å². The molecule has 1 fully saturated rings. The summed E-state index contributed by atoms with van der Waals surface area (Å²) in [6, 6.07) is 4.02. The van der Waals surface area contributed by atoms with Gasteiger partial charge in [0.25, 0.3) is 0 Å². The van der Waals surface area contributed by atoms with Gasteiger partial charge in [-0.1, -0.05) is 17.7 Å². The van der Waals surface area contributed by atoms with Gasteiger partial charge in [-0.3, -0.25) is 0 Å². The number of sulfonamides is 1. The highest BCUT2D eigenvalue weighted by atomic mass is 35.5. The van der Waals surface area contributed by atoms with Crippen LogP contribution in [-0.4, -0.2) is 27.0 Å². The van der Waals surface area contributed by atoms with E-state index >= 15 is 0 Å². The summed E-state index contributed by atoms with van der Waals surface area (Å²) in [6.07, 6.45) is 1.37.